The molecule has 2 fully saturated rings. The number of nitrogens with zero attached hydrogens (tertiary/aromatic N) is 3. The minimum atomic E-state index is 0.0667. The zero-order chi connectivity index (χ0) is 20.3. The van der Waals surface area contributed by atoms with E-state index in [1.165, 1.54) is 17.5 Å². The Hall–Kier alpha value is -2.92. The van der Waals surface area contributed by atoms with E-state index in [2.05, 4.69) is 57.8 Å². The van der Waals surface area contributed by atoms with Crippen molar-refractivity contribution in [2.75, 3.05) is 6.54 Å². The van der Waals surface area contributed by atoms with Crippen molar-refractivity contribution in [3.63, 3.8) is 0 Å². The zero-order valence-electron chi connectivity index (χ0n) is 17.2. The van der Waals surface area contributed by atoms with Crippen LogP contribution in [0.15, 0.2) is 73.1 Å². The first kappa shape index (κ1) is 19.1. The second-order valence-corrected chi connectivity index (χ2v) is 8.47. The summed E-state index contributed by atoms with van der Waals surface area (Å²) in [5.74, 6) is 0.248. The minimum Gasteiger partial charge on any atom is -0.352 e. The number of carbonyl (C=O) groups is 1. The molecule has 3 heterocycles. The molecule has 0 aliphatic carbocycles. The molecular formula is C25H28N4O. The van der Waals surface area contributed by atoms with Crippen LogP contribution in [0.3, 0.4) is 0 Å². The third kappa shape index (κ3) is 3.90. The van der Waals surface area contributed by atoms with E-state index in [1.807, 2.05) is 35.3 Å². The third-order valence-corrected chi connectivity index (χ3v) is 6.55. The lowest BCUT2D eigenvalue weighted by atomic mass is 9.93. The summed E-state index contributed by atoms with van der Waals surface area (Å²) in [5.41, 5.74) is 3.59. The number of amides is 1. The predicted molar refractivity (Wildman–Crippen MR) is 117 cm³/mol. The molecule has 0 bridgehead atoms. The zero-order valence-corrected chi connectivity index (χ0v) is 17.2. The van der Waals surface area contributed by atoms with Crippen molar-refractivity contribution in [2.24, 2.45) is 5.92 Å². The molecular weight excluding hydrogens is 372 g/mol. The molecule has 30 heavy (non-hydrogen) atoms. The molecule has 1 aromatic heterocycles. The Morgan fingerprint density at radius 2 is 1.80 bits per heavy atom. The molecule has 3 aromatic rings. The maximum absolute atomic E-state index is 13.1. The Balaban J connectivity index is 1.21. The molecule has 3 atom stereocenters. The van der Waals surface area contributed by atoms with Crippen molar-refractivity contribution in [3.05, 3.63) is 89.7 Å². The van der Waals surface area contributed by atoms with Crippen LogP contribution in [0.5, 0.6) is 0 Å². The Labute approximate surface area is 177 Å². The largest absolute Gasteiger partial charge is 0.352 e. The minimum absolute atomic E-state index is 0.0667. The maximum atomic E-state index is 13.1. The molecule has 0 spiro atoms. The number of rotatable bonds is 6. The molecule has 2 aliphatic rings. The van der Waals surface area contributed by atoms with E-state index in [9.17, 15) is 4.79 Å². The van der Waals surface area contributed by atoms with Crippen molar-refractivity contribution >= 4 is 5.91 Å². The lowest BCUT2D eigenvalue weighted by Crippen LogP contribution is -2.37. The summed E-state index contributed by atoms with van der Waals surface area (Å²) in [4.78, 5) is 15.6. The van der Waals surface area contributed by atoms with Gasteiger partial charge < -0.3 is 5.32 Å². The van der Waals surface area contributed by atoms with E-state index in [0.717, 1.165) is 31.5 Å². The molecule has 0 unspecified atom stereocenters. The van der Waals surface area contributed by atoms with Crippen LogP contribution in [0.4, 0.5) is 0 Å². The third-order valence-electron chi connectivity index (χ3n) is 6.55. The van der Waals surface area contributed by atoms with Crippen molar-refractivity contribution < 1.29 is 4.79 Å². The first-order chi connectivity index (χ1) is 14.8. The first-order valence-corrected chi connectivity index (χ1v) is 10.9. The number of carbonyl (C=O) groups excluding carboxylic acids is 1. The van der Waals surface area contributed by atoms with Crippen molar-refractivity contribution in [1.29, 1.82) is 0 Å². The van der Waals surface area contributed by atoms with E-state index in [4.69, 9.17) is 0 Å². The van der Waals surface area contributed by atoms with Crippen LogP contribution < -0.4 is 5.32 Å². The van der Waals surface area contributed by atoms with Gasteiger partial charge in [0.05, 0.1) is 18.7 Å². The average Bonchev–Trinajstić information content (AvgIpc) is 3.50. The standard InChI is InChI=1S/C25H28N4O/c30-25(26-15-20-16-27-28(18-20)17-19-8-3-1-4-9-19)22-14-24(21-10-5-2-6-11-21)29-13-7-12-23(22)29/h1-6,8-11,16,18,22-24H,7,12-15,17H2,(H,26,30)/t22-,23+,24-/m1/s1. The average molecular weight is 401 g/mol. The highest BCUT2D eigenvalue weighted by atomic mass is 16.2. The van der Waals surface area contributed by atoms with Crippen molar-refractivity contribution in [1.82, 2.24) is 20.0 Å². The van der Waals surface area contributed by atoms with Gasteiger partial charge in [-0.3, -0.25) is 14.4 Å². The summed E-state index contributed by atoms with van der Waals surface area (Å²) >= 11 is 0. The number of fused-ring (bicyclic) bond motifs is 1. The molecule has 0 radical (unpaired) electrons. The summed E-state index contributed by atoms with van der Waals surface area (Å²) in [6.45, 7) is 2.38. The summed E-state index contributed by atoms with van der Waals surface area (Å²) in [5, 5.41) is 7.63. The van der Waals surface area contributed by atoms with E-state index in [-0.39, 0.29) is 11.8 Å². The fraction of sp³-hybridized carbons (Fsp3) is 0.360. The molecule has 2 aliphatic heterocycles. The number of hydrogen-bond donors (Lipinski definition) is 1. The number of nitrogens with one attached hydrogen (secondary N) is 1. The molecule has 1 N–H and O–H groups in total. The lowest BCUT2D eigenvalue weighted by Gasteiger charge is -2.24. The van der Waals surface area contributed by atoms with E-state index < -0.39 is 0 Å². The molecule has 5 nitrogen and oxygen atoms in total. The number of aromatic nitrogens is 2. The summed E-state index contributed by atoms with van der Waals surface area (Å²) in [6.07, 6.45) is 7.09. The fourth-order valence-electron chi connectivity index (χ4n) is 5.13. The van der Waals surface area contributed by atoms with Gasteiger partial charge in [-0.05, 0) is 36.9 Å². The van der Waals surface area contributed by atoms with Gasteiger partial charge in [0.15, 0.2) is 0 Å². The van der Waals surface area contributed by atoms with Crippen LogP contribution in [0, 0.1) is 5.92 Å². The van der Waals surface area contributed by atoms with Crippen LogP contribution in [0.2, 0.25) is 0 Å². The van der Waals surface area contributed by atoms with Gasteiger partial charge in [0, 0.05) is 30.4 Å². The van der Waals surface area contributed by atoms with Gasteiger partial charge in [0.1, 0.15) is 0 Å². The SMILES string of the molecule is O=C(NCc1cnn(Cc2ccccc2)c1)[C@@H]1C[C@H](c2ccccc2)N2CCC[C@@H]12. The number of hydrogen-bond acceptors (Lipinski definition) is 3. The van der Waals surface area contributed by atoms with E-state index in [0.29, 0.717) is 18.6 Å². The van der Waals surface area contributed by atoms with Crippen LogP contribution in [0.25, 0.3) is 0 Å². The van der Waals surface area contributed by atoms with E-state index in [1.54, 1.807) is 0 Å². The quantitative estimate of drug-likeness (QED) is 0.685. The molecule has 1 amide bonds. The van der Waals surface area contributed by atoms with Crippen molar-refractivity contribution in [2.45, 2.75) is 44.4 Å². The smallest absolute Gasteiger partial charge is 0.225 e. The van der Waals surface area contributed by atoms with Gasteiger partial charge in [-0.25, -0.2) is 0 Å². The first-order valence-electron chi connectivity index (χ1n) is 10.9. The van der Waals surface area contributed by atoms with E-state index >= 15 is 0 Å². The Bertz CT molecular complexity index is 985. The highest BCUT2D eigenvalue weighted by molar-refractivity contribution is 5.80. The summed E-state index contributed by atoms with van der Waals surface area (Å²) in [7, 11) is 0. The monoisotopic (exact) mass is 400 g/mol. The van der Waals surface area contributed by atoms with Crippen LogP contribution in [0.1, 0.15) is 42.0 Å². The molecule has 0 saturated carbocycles. The Kier molecular flexibility index (Phi) is 5.37. The summed E-state index contributed by atoms with van der Waals surface area (Å²) in [6, 6.07) is 21.7. The molecule has 5 rings (SSSR count). The highest BCUT2D eigenvalue weighted by Crippen LogP contribution is 2.44. The molecule has 2 saturated heterocycles. The van der Waals surface area contributed by atoms with Crippen LogP contribution >= 0.6 is 0 Å². The second kappa shape index (κ2) is 8.44. The van der Waals surface area contributed by atoms with Gasteiger partial charge in [0.2, 0.25) is 5.91 Å². The highest BCUT2D eigenvalue weighted by Gasteiger charge is 2.46. The fourth-order valence-corrected chi connectivity index (χ4v) is 5.13. The van der Waals surface area contributed by atoms with Crippen LogP contribution in [-0.4, -0.2) is 33.2 Å². The normalized spacial score (nSPS) is 23.4. The topological polar surface area (TPSA) is 50.2 Å². The summed E-state index contributed by atoms with van der Waals surface area (Å²) < 4.78 is 1.93. The van der Waals surface area contributed by atoms with Crippen LogP contribution in [-0.2, 0) is 17.9 Å². The molecule has 2 aromatic carbocycles. The Morgan fingerprint density at radius 3 is 2.60 bits per heavy atom. The lowest BCUT2D eigenvalue weighted by molar-refractivity contribution is -0.125. The van der Waals surface area contributed by atoms with Crippen molar-refractivity contribution in [3.8, 4) is 0 Å². The van der Waals surface area contributed by atoms with Gasteiger partial charge >= 0.3 is 0 Å². The molecule has 5 heteroatoms. The second-order valence-electron chi connectivity index (χ2n) is 8.47. The van der Waals surface area contributed by atoms with Gasteiger partial charge in [-0.2, -0.15) is 5.10 Å². The van der Waals surface area contributed by atoms with Gasteiger partial charge in [-0.1, -0.05) is 60.7 Å². The van der Waals surface area contributed by atoms with Gasteiger partial charge in [0.25, 0.3) is 0 Å². The number of benzene rings is 2. The maximum Gasteiger partial charge on any atom is 0.225 e. The Morgan fingerprint density at radius 1 is 1.03 bits per heavy atom. The predicted octanol–water partition coefficient (Wildman–Crippen LogP) is 3.77. The van der Waals surface area contributed by atoms with Gasteiger partial charge in [-0.15, -0.1) is 0 Å². The molecule has 154 valence electrons.